The SMILES string of the molecule is CC(C(=O)O)c1ccc(C2CC2C)o1. The van der Waals surface area contributed by atoms with E-state index in [-0.39, 0.29) is 0 Å². The molecule has 1 aliphatic carbocycles. The Morgan fingerprint density at radius 3 is 2.79 bits per heavy atom. The zero-order valence-corrected chi connectivity index (χ0v) is 8.36. The van der Waals surface area contributed by atoms with Gasteiger partial charge in [0.1, 0.15) is 17.4 Å². The van der Waals surface area contributed by atoms with Crippen LogP contribution in [0.25, 0.3) is 0 Å². The molecule has 0 spiro atoms. The molecule has 2 rings (SSSR count). The second-order valence-corrected chi connectivity index (χ2v) is 4.12. The van der Waals surface area contributed by atoms with E-state index in [1.807, 2.05) is 6.07 Å². The van der Waals surface area contributed by atoms with Crippen LogP contribution in [-0.4, -0.2) is 11.1 Å². The number of carbonyl (C=O) groups is 1. The average molecular weight is 194 g/mol. The summed E-state index contributed by atoms with van der Waals surface area (Å²) in [5, 5.41) is 8.79. The molecular formula is C11H14O3. The molecule has 0 aromatic carbocycles. The summed E-state index contributed by atoms with van der Waals surface area (Å²) in [5.74, 6) is 1.33. The van der Waals surface area contributed by atoms with Crippen molar-refractivity contribution < 1.29 is 14.3 Å². The molecule has 0 radical (unpaired) electrons. The Labute approximate surface area is 82.7 Å². The topological polar surface area (TPSA) is 50.4 Å². The Balaban J connectivity index is 2.13. The van der Waals surface area contributed by atoms with Crippen molar-refractivity contribution in [3.63, 3.8) is 0 Å². The molecule has 1 heterocycles. The van der Waals surface area contributed by atoms with Gasteiger partial charge >= 0.3 is 5.97 Å². The van der Waals surface area contributed by atoms with E-state index in [0.717, 1.165) is 12.2 Å². The van der Waals surface area contributed by atoms with Crippen molar-refractivity contribution >= 4 is 5.97 Å². The number of hydrogen-bond donors (Lipinski definition) is 1. The van der Waals surface area contributed by atoms with Crippen molar-refractivity contribution in [1.82, 2.24) is 0 Å². The van der Waals surface area contributed by atoms with E-state index in [4.69, 9.17) is 9.52 Å². The summed E-state index contributed by atoms with van der Waals surface area (Å²) in [4.78, 5) is 10.7. The highest BCUT2D eigenvalue weighted by molar-refractivity contribution is 5.74. The third-order valence-electron chi connectivity index (χ3n) is 2.92. The molecule has 0 saturated heterocycles. The minimum absolute atomic E-state index is 0.518. The van der Waals surface area contributed by atoms with Crippen LogP contribution in [0.15, 0.2) is 16.5 Å². The summed E-state index contributed by atoms with van der Waals surface area (Å²) >= 11 is 0. The first-order valence-electron chi connectivity index (χ1n) is 4.92. The van der Waals surface area contributed by atoms with Crippen molar-refractivity contribution in [3.8, 4) is 0 Å². The minimum Gasteiger partial charge on any atom is -0.481 e. The van der Waals surface area contributed by atoms with Crippen LogP contribution in [0.4, 0.5) is 0 Å². The van der Waals surface area contributed by atoms with E-state index in [1.165, 1.54) is 0 Å². The van der Waals surface area contributed by atoms with E-state index in [1.54, 1.807) is 13.0 Å². The van der Waals surface area contributed by atoms with E-state index in [9.17, 15) is 4.79 Å². The number of carboxylic acids is 1. The number of hydrogen-bond acceptors (Lipinski definition) is 2. The van der Waals surface area contributed by atoms with Gasteiger partial charge in [-0.15, -0.1) is 0 Å². The van der Waals surface area contributed by atoms with Crippen LogP contribution >= 0.6 is 0 Å². The summed E-state index contributed by atoms with van der Waals surface area (Å²) in [6.07, 6.45) is 1.16. The fourth-order valence-electron chi connectivity index (χ4n) is 1.64. The van der Waals surface area contributed by atoms with E-state index in [0.29, 0.717) is 17.6 Å². The van der Waals surface area contributed by atoms with Crippen LogP contribution in [0, 0.1) is 5.92 Å². The van der Waals surface area contributed by atoms with Gasteiger partial charge < -0.3 is 9.52 Å². The molecule has 1 aromatic heterocycles. The molecule has 0 aliphatic heterocycles. The number of furan rings is 1. The van der Waals surface area contributed by atoms with Crippen molar-refractivity contribution in [1.29, 1.82) is 0 Å². The summed E-state index contributed by atoms with van der Waals surface area (Å²) in [7, 11) is 0. The van der Waals surface area contributed by atoms with Gasteiger partial charge in [0.05, 0.1) is 0 Å². The zero-order chi connectivity index (χ0) is 10.3. The van der Waals surface area contributed by atoms with Crippen LogP contribution in [0.2, 0.25) is 0 Å². The lowest BCUT2D eigenvalue weighted by Gasteiger charge is -2.00. The Bertz CT molecular complexity index is 353. The van der Waals surface area contributed by atoms with Crippen molar-refractivity contribution in [2.75, 3.05) is 0 Å². The third-order valence-corrected chi connectivity index (χ3v) is 2.92. The smallest absolute Gasteiger partial charge is 0.313 e. The van der Waals surface area contributed by atoms with Crippen LogP contribution < -0.4 is 0 Å². The van der Waals surface area contributed by atoms with Gasteiger partial charge in [-0.05, 0) is 31.4 Å². The van der Waals surface area contributed by atoms with Gasteiger partial charge in [-0.3, -0.25) is 4.79 Å². The predicted octanol–water partition coefficient (Wildman–Crippen LogP) is 2.59. The molecule has 14 heavy (non-hydrogen) atoms. The summed E-state index contributed by atoms with van der Waals surface area (Å²) in [5.41, 5.74) is 0. The van der Waals surface area contributed by atoms with E-state index < -0.39 is 11.9 Å². The molecular weight excluding hydrogens is 180 g/mol. The third kappa shape index (κ3) is 1.54. The maximum absolute atomic E-state index is 10.7. The first-order valence-corrected chi connectivity index (χ1v) is 4.92. The first kappa shape index (κ1) is 9.31. The number of rotatable bonds is 3. The van der Waals surface area contributed by atoms with Crippen LogP contribution in [0.5, 0.6) is 0 Å². The molecule has 0 bridgehead atoms. The number of aliphatic carboxylic acids is 1. The molecule has 3 atom stereocenters. The van der Waals surface area contributed by atoms with Gasteiger partial charge in [0.15, 0.2) is 0 Å². The Kier molecular flexibility index (Phi) is 2.10. The van der Waals surface area contributed by atoms with E-state index >= 15 is 0 Å². The van der Waals surface area contributed by atoms with Crippen molar-refractivity contribution in [2.45, 2.75) is 32.1 Å². The minimum atomic E-state index is -0.838. The van der Waals surface area contributed by atoms with Crippen LogP contribution in [0.3, 0.4) is 0 Å². The second kappa shape index (κ2) is 3.15. The first-order chi connectivity index (χ1) is 6.59. The van der Waals surface area contributed by atoms with Crippen LogP contribution in [-0.2, 0) is 4.79 Å². The van der Waals surface area contributed by atoms with Crippen LogP contribution in [0.1, 0.15) is 43.6 Å². The largest absolute Gasteiger partial charge is 0.481 e. The highest BCUT2D eigenvalue weighted by atomic mass is 16.4. The Morgan fingerprint density at radius 1 is 1.64 bits per heavy atom. The molecule has 1 fully saturated rings. The van der Waals surface area contributed by atoms with Gasteiger partial charge in [0.25, 0.3) is 0 Å². The Hall–Kier alpha value is -1.25. The molecule has 3 heteroatoms. The molecule has 3 nitrogen and oxygen atoms in total. The summed E-state index contributed by atoms with van der Waals surface area (Å²) in [6, 6.07) is 3.68. The standard InChI is InChI=1S/C11H14O3/c1-6-5-8(6)10-4-3-9(14-10)7(2)11(12)13/h3-4,6-8H,5H2,1-2H3,(H,12,13). The van der Waals surface area contributed by atoms with Gasteiger partial charge in [-0.2, -0.15) is 0 Å². The summed E-state index contributed by atoms with van der Waals surface area (Å²) in [6.45, 7) is 3.81. The van der Waals surface area contributed by atoms with E-state index in [2.05, 4.69) is 6.92 Å². The quantitative estimate of drug-likeness (QED) is 0.804. The normalized spacial score (nSPS) is 27.3. The summed E-state index contributed by atoms with van der Waals surface area (Å²) < 4.78 is 5.52. The van der Waals surface area contributed by atoms with Gasteiger partial charge in [0, 0.05) is 5.92 Å². The molecule has 0 amide bonds. The highest BCUT2D eigenvalue weighted by Gasteiger charge is 2.37. The molecule has 1 N–H and O–H groups in total. The van der Waals surface area contributed by atoms with Gasteiger partial charge in [0.2, 0.25) is 0 Å². The molecule has 3 unspecified atom stereocenters. The lowest BCUT2D eigenvalue weighted by molar-refractivity contribution is -0.138. The Morgan fingerprint density at radius 2 is 2.29 bits per heavy atom. The fraction of sp³-hybridized carbons (Fsp3) is 0.545. The molecule has 1 saturated carbocycles. The van der Waals surface area contributed by atoms with Gasteiger partial charge in [-0.25, -0.2) is 0 Å². The maximum atomic E-state index is 10.7. The molecule has 1 aliphatic rings. The maximum Gasteiger partial charge on any atom is 0.313 e. The van der Waals surface area contributed by atoms with Crippen molar-refractivity contribution in [2.24, 2.45) is 5.92 Å². The van der Waals surface area contributed by atoms with Crippen molar-refractivity contribution in [3.05, 3.63) is 23.7 Å². The highest BCUT2D eigenvalue weighted by Crippen LogP contribution is 2.47. The fourth-order valence-corrected chi connectivity index (χ4v) is 1.64. The lowest BCUT2D eigenvalue weighted by atomic mass is 10.1. The zero-order valence-electron chi connectivity index (χ0n) is 8.36. The molecule has 76 valence electrons. The molecule has 1 aromatic rings. The van der Waals surface area contributed by atoms with Gasteiger partial charge in [-0.1, -0.05) is 6.92 Å². The monoisotopic (exact) mass is 194 g/mol. The lowest BCUT2D eigenvalue weighted by Crippen LogP contribution is -2.05. The average Bonchev–Trinajstić information content (AvgIpc) is 2.67. The second-order valence-electron chi connectivity index (χ2n) is 4.12. The number of carboxylic acid groups (broad SMARTS) is 1. The predicted molar refractivity (Wildman–Crippen MR) is 51.3 cm³/mol.